The molecular weight excluding hydrogens is 142 g/mol. The number of ether oxygens (including phenoxy) is 1. The standard InChI is InChI=1S/C8H9NO2/c10-6-4-8(11-5-6)7-2-1-3-9-7/h1-3,8-9H,4-5H2. The van der Waals surface area contributed by atoms with Crippen LogP contribution >= 0.6 is 0 Å². The normalized spacial score (nSPS) is 24.4. The van der Waals surface area contributed by atoms with E-state index >= 15 is 0 Å². The van der Waals surface area contributed by atoms with Crippen molar-refractivity contribution in [2.24, 2.45) is 0 Å². The molecule has 3 nitrogen and oxygen atoms in total. The monoisotopic (exact) mass is 151 g/mol. The highest BCUT2D eigenvalue weighted by Gasteiger charge is 2.24. The summed E-state index contributed by atoms with van der Waals surface area (Å²) in [5, 5.41) is 0. The van der Waals surface area contributed by atoms with Gasteiger partial charge in [0.25, 0.3) is 0 Å². The van der Waals surface area contributed by atoms with E-state index in [1.165, 1.54) is 0 Å². The number of rotatable bonds is 1. The molecule has 0 radical (unpaired) electrons. The van der Waals surface area contributed by atoms with Crippen LogP contribution in [0.3, 0.4) is 0 Å². The molecule has 0 aliphatic carbocycles. The van der Waals surface area contributed by atoms with Gasteiger partial charge in [-0.15, -0.1) is 0 Å². The maximum absolute atomic E-state index is 10.8. The summed E-state index contributed by atoms with van der Waals surface area (Å²) in [7, 11) is 0. The topological polar surface area (TPSA) is 42.1 Å². The Morgan fingerprint density at radius 1 is 1.64 bits per heavy atom. The van der Waals surface area contributed by atoms with Gasteiger partial charge in [0.05, 0.1) is 0 Å². The molecule has 1 aromatic heterocycles. The Bertz CT molecular complexity index is 253. The van der Waals surface area contributed by atoms with Crippen LogP contribution in [0.2, 0.25) is 0 Å². The van der Waals surface area contributed by atoms with Crippen LogP contribution in [0.1, 0.15) is 18.2 Å². The van der Waals surface area contributed by atoms with E-state index in [2.05, 4.69) is 4.98 Å². The largest absolute Gasteiger partial charge is 0.364 e. The highest BCUT2D eigenvalue weighted by Crippen LogP contribution is 2.24. The van der Waals surface area contributed by atoms with Crippen molar-refractivity contribution in [2.75, 3.05) is 6.61 Å². The first kappa shape index (κ1) is 6.61. The fourth-order valence-electron chi connectivity index (χ4n) is 1.26. The molecule has 1 saturated heterocycles. The van der Waals surface area contributed by atoms with E-state index in [9.17, 15) is 4.79 Å². The molecule has 1 aliphatic rings. The molecule has 1 aliphatic heterocycles. The van der Waals surface area contributed by atoms with Gasteiger partial charge in [-0.05, 0) is 12.1 Å². The SMILES string of the molecule is O=C1COC(c2ccc[nH]2)C1. The van der Waals surface area contributed by atoms with Crippen LogP contribution in [-0.4, -0.2) is 17.4 Å². The summed E-state index contributed by atoms with van der Waals surface area (Å²) >= 11 is 0. The van der Waals surface area contributed by atoms with Gasteiger partial charge in [-0.3, -0.25) is 4.79 Å². The molecule has 1 fully saturated rings. The third-order valence-electron chi connectivity index (χ3n) is 1.83. The second-order valence-corrected chi connectivity index (χ2v) is 2.67. The summed E-state index contributed by atoms with van der Waals surface area (Å²) in [6.07, 6.45) is 2.32. The van der Waals surface area contributed by atoms with Gasteiger partial charge in [-0.25, -0.2) is 0 Å². The number of Topliss-reactive ketones (excluding diaryl/α,β-unsaturated/α-hetero) is 1. The molecule has 1 unspecified atom stereocenters. The van der Waals surface area contributed by atoms with Crippen LogP contribution in [0.4, 0.5) is 0 Å². The lowest BCUT2D eigenvalue weighted by Gasteiger charge is -2.03. The Morgan fingerprint density at radius 2 is 2.55 bits per heavy atom. The molecule has 0 amide bonds. The smallest absolute Gasteiger partial charge is 0.161 e. The minimum atomic E-state index is -0.0301. The molecule has 0 spiro atoms. The zero-order chi connectivity index (χ0) is 7.68. The molecule has 3 heteroatoms. The quantitative estimate of drug-likeness (QED) is 0.651. The van der Waals surface area contributed by atoms with Gasteiger partial charge in [-0.1, -0.05) is 0 Å². The average Bonchev–Trinajstić information content (AvgIpc) is 2.55. The summed E-state index contributed by atoms with van der Waals surface area (Å²) in [4.78, 5) is 13.8. The molecule has 0 saturated carbocycles. The summed E-state index contributed by atoms with van der Waals surface area (Å²) < 4.78 is 5.23. The molecule has 1 atom stereocenters. The average molecular weight is 151 g/mol. The molecule has 2 rings (SSSR count). The number of carbonyl (C=O) groups is 1. The fourth-order valence-corrected chi connectivity index (χ4v) is 1.26. The zero-order valence-corrected chi connectivity index (χ0v) is 6.04. The fraction of sp³-hybridized carbons (Fsp3) is 0.375. The van der Waals surface area contributed by atoms with Crippen molar-refractivity contribution < 1.29 is 9.53 Å². The Labute approximate surface area is 64.4 Å². The summed E-state index contributed by atoms with van der Waals surface area (Å²) in [6.45, 7) is 0.268. The third-order valence-corrected chi connectivity index (χ3v) is 1.83. The zero-order valence-electron chi connectivity index (χ0n) is 6.04. The van der Waals surface area contributed by atoms with Gasteiger partial charge < -0.3 is 9.72 Å². The van der Waals surface area contributed by atoms with Crippen molar-refractivity contribution in [3.8, 4) is 0 Å². The highest BCUT2D eigenvalue weighted by molar-refractivity contribution is 5.81. The van der Waals surface area contributed by atoms with E-state index in [4.69, 9.17) is 4.74 Å². The first-order valence-electron chi connectivity index (χ1n) is 3.63. The first-order chi connectivity index (χ1) is 5.36. The van der Waals surface area contributed by atoms with Crippen molar-refractivity contribution >= 4 is 5.78 Å². The van der Waals surface area contributed by atoms with Gasteiger partial charge in [-0.2, -0.15) is 0 Å². The Balaban J connectivity index is 2.13. The van der Waals surface area contributed by atoms with E-state index in [-0.39, 0.29) is 18.5 Å². The number of aromatic nitrogens is 1. The predicted molar refractivity (Wildman–Crippen MR) is 39.1 cm³/mol. The molecule has 0 bridgehead atoms. The van der Waals surface area contributed by atoms with Crippen LogP contribution in [0.25, 0.3) is 0 Å². The lowest BCUT2D eigenvalue weighted by Crippen LogP contribution is -1.95. The van der Waals surface area contributed by atoms with Crippen molar-refractivity contribution in [3.63, 3.8) is 0 Å². The first-order valence-corrected chi connectivity index (χ1v) is 3.63. The maximum Gasteiger partial charge on any atom is 0.161 e. The van der Waals surface area contributed by atoms with Crippen LogP contribution in [0, 0.1) is 0 Å². The van der Waals surface area contributed by atoms with Crippen LogP contribution < -0.4 is 0 Å². The van der Waals surface area contributed by atoms with Crippen molar-refractivity contribution in [3.05, 3.63) is 24.0 Å². The molecule has 0 aromatic carbocycles. The number of hydrogen-bond donors (Lipinski definition) is 1. The van der Waals surface area contributed by atoms with Gasteiger partial charge in [0.2, 0.25) is 0 Å². The third kappa shape index (κ3) is 1.19. The Kier molecular flexibility index (Phi) is 1.51. The van der Waals surface area contributed by atoms with Crippen LogP contribution in [0.15, 0.2) is 18.3 Å². The number of nitrogens with one attached hydrogen (secondary N) is 1. The van der Waals surface area contributed by atoms with Gasteiger partial charge in [0, 0.05) is 18.3 Å². The second-order valence-electron chi connectivity index (χ2n) is 2.67. The lowest BCUT2D eigenvalue weighted by molar-refractivity contribution is -0.117. The van der Waals surface area contributed by atoms with Crippen molar-refractivity contribution in [1.82, 2.24) is 4.98 Å². The van der Waals surface area contributed by atoms with Gasteiger partial charge in [0.15, 0.2) is 5.78 Å². The number of carbonyl (C=O) groups excluding carboxylic acids is 1. The molecule has 1 aromatic rings. The minimum absolute atomic E-state index is 0.0301. The summed E-state index contributed by atoms with van der Waals surface area (Å²) in [5.74, 6) is 0.185. The van der Waals surface area contributed by atoms with Crippen molar-refractivity contribution in [2.45, 2.75) is 12.5 Å². The van der Waals surface area contributed by atoms with E-state index in [0.717, 1.165) is 5.69 Å². The molecule has 2 heterocycles. The summed E-state index contributed by atoms with van der Waals surface area (Å²) in [5.41, 5.74) is 0.996. The lowest BCUT2D eigenvalue weighted by atomic mass is 10.2. The molecule has 11 heavy (non-hydrogen) atoms. The van der Waals surface area contributed by atoms with Crippen LogP contribution in [0.5, 0.6) is 0 Å². The number of hydrogen-bond acceptors (Lipinski definition) is 2. The van der Waals surface area contributed by atoms with E-state index in [1.807, 2.05) is 18.3 Å². The summed E-state index contributed by atoms with van der Waals surface area (Å²) in [6, 6.07) is 3.84. The predicted octanol–water partition coefficient (Wildman–Crippen LogP) is 1.05. The molecule has 1 N–H and O–H groups in total. The molecular formula is C8H9NO2. The van der Waals surface area contributed by atoms with E-state index < -0.39 is 0 Å². The number of ketones is 1. The number of H-pyrrole nitrogens is 1. The van der Waals surface area contributed by atoms with E-state index in [1.54, 1.807) is 0 Å². The highest BCUT2D eigenvalue weighted by atomic mass is 16.5. The van der Waals surface area contributed by atoms with E-state index in [0.29, 0.717) is 6.42 Å². The second kappa shape index (κ2) is 2.51. The van der Waals surface area contributed by atoms with Crippen molar-refractivity contribution in [1.29, 1.82) is 0 Å². The number of aromatic amines is 1. The maximum atomic E-state index is 10.8. The Morgan fingerprint density at radius 3 is 3.09 bits per heavy atom. The Hall–Kier alpha value is -1.09. The van der Waals surface area contributed by atoms with Gasteiger partial charge in [0.1, 0.15) is 12.7 Å². The van der Waals surface area contributed by atoms with Gasteiger partial charge >= 0.3 is 0 Å². The molecule has 58 valence electrons. The minimum Gasteiger partial charge on any atom is -0.364 e. The van der Waals surface area contributed by atoms with Crippen LogP contribution in [-0.2, 0) is 9.53 Å².